The minimum atomic E-state index is -0.391. The average molecular weight is 779 g/mol. The third-order valence-electron chi connectivity index (χ3n) is 15.7. The van der Waals surface area contributed by atoms with E-state index in [1.165, 1.54) is 55.3 Å². The van der Waals surface area contributed by atoms with Crippen molar-refractivity contribution >= 4 is 65.8 Å². The van der Waals surface area contributed by atoms with Gasteiger partial charge in [-0.25, -0.2) is 0 Å². The average Bonchev–Trinajstić information content (AvgIpc) is 3.97. The Morgan fingerprint density at radius 2 is 1.34 bits per heavy atom. The molecule has 284 valence electrons. The van der Waals surface area contributed by atoms with Gasteiger partial charge in [0.25, 0.3) is 0 Å². The van der Waals surface area contributed by atoms with E-state index in [4.69, 9.17) is 4.42 Å². The van der Waals surface area contributed by atoms with Crippen LogP contribution in [0.25, 0.3) is 71.2 Å². The second kappa shape index (κ2) is 10.3. The van der Waals surface area contributed by atoms with E-state index in [0.29, 0.717) is 0 Å². The summed E-state index contributed by atoms with van der Waals surface area (Å²) in [4.78, 5) is 14.6. The number of para-hydroxylation sites is 1. The second-order valence-electron chi connectivity index (χ2n) is 18.6. The molecule has 0 radical (unpaired) electrons. The number of hydrogen-bond donors (Lipinski definition) is 0. The minimum absolute atomic E-state index is 0.0624. The smallest absolute Gasteiger partial charge is 0.193 e. The molecule has 0 fully saturated rings. The molecule has 4 heteroatoms. The quantitative estimate of drug-likeness (QED) is 0.167. The summed E-state index contributed by atoms with van der Waals surface area (Å²) < 4.78 is 8.90. The van der Waals surface area contributed by atoms with Crippen LogP contribution in [0.15, 0.2) is 144 Å². The monoisotopic (exact) mass is 778 g/mol. The van der Waals surface area contributed by atoms with Gasteiger partial charge in [-0.15, -0.1) is 0 Å². The number of nitriles is 1. The predicted molar refractivity (Wildman–Crippen MR) is 243 cm³/mol. The van der Waals surface area contributed by atoms with Gasteiger partial charge < -0.3 is 8.82 Å². The van der Waals surface area contributed by atoms with Gasteiger partial charge in [-0.1, -0.05) is 111 Å². The normalized spacial score (nSPS) is 19.9. The lowest BCUT2D eigenvalue weighted by Crippen LogP contribution is -2.53. The maximum Gasteiger partial charge on any atom is 0.193 e. The van der Waals surface area contributed by atoms with E-state index < -0.39 is 5.41 Å². The molecule has 15 rings (SSSR count). The van der Waals surface area contributed by atoms with Gasteiger partial charge in [0.05, 0.1) is 28.2 Å². The third-order valence-corrected chi connectivity index (χ3v) is 15.7. The number of ketones is 1. The van der Waals surface area contributed by atoms with Crippen molar-refractivity contribution in [3.8, 4) is 17.2 Å². The molecule has 0 N–H and O–H groups in total. The van der Waals surface area contributed by atoms with Crippen LogP contribution in [-0.2, 0) is 10.8 Å². The molecule has 0 amide bonds. The summed E-state index contributed by atoms with van der Waals surface area (Å²) in [6, 6.07) is 52.9. The Balaban J connectivity index is 1.15. The van der Waals surface area contributed by atoms with Crippen LogP contribution >= 0.6 is 0 Å². The molecule has 4 nitrogen and oxygen atoms in total. The van der Waals surface area contributed by atoms with Gasteiger partial charge in [-0.2, -0.15) is 5.26 Å². The lowest BCUT2D eigenvalue weighted by molar-refractivity contribution is 0.103. The molecule has 3 unspecified atom stereocenters. The number of furan rings is 1. The molecule has 4 aliphatic rings. The molecule has 61 heavy (non-hydrogen) atoms. The largest absolute Gasteiger partial charge is 0.456 e. The first-order chi connectivity index (χ1) is 29.8. The zero-order chi connectivity index (χ0) is 40.4. The number of nitrogens with zero attached hydrogens (tertiary/aromatic N) is 2. The highest BCUT2D eigenvalue weighted by Gasteiger charge is 2.70. The van der Waals surface area contributed by atoms with Crippen molar-refractivity contribution in [2.75, 3.05) is 0 Å². The van der Waals surface area contributed by atoms with E-state index in [9.17, 15) is 10.1 Å². The summed E-state index contributed by atoms with van der Waals surface area (Å²) >= 11 is 0. The molecule has 1 spiro atoms. The van der Waals surface area contributed by atoms with E-state index in [1.54, 1.807) is 0 Å². The maximum absolute atomic E-state index is 14.6. The van der Waals surface area contributed by atoms with Gasteiger partial charge in [0.1, 0.15) is 11.2 Å². The molecule has 8 aromatic carbocycles. The van der Waals surface area contributed by atoms with E-state index in [-0.39, 0.29) is 23.0 Å². The summed E-state index contributed by atoms with van der Waals surface area (Å²) in [5, 5.41) is 18.0. The number of fused-ring (bicyclic) bond motifs is 19. The van der Waals surface area contributed by atoms with Gasteiger partial charge in [-0.05, 0) is 111 Å². The fraction of sp³-hybridized carbons (Fsp3) is 0.123. The SMILES string of the molecule is Cc1ccc2oc3ccccc3c2c1-c1cc2c3cc4c(cc3n3c5cc(C#N)c6c(c5c(c1)c23)C12c3ccccc3C1c1ccccc1C62)C(=O)c1ccccc1C4(C)C. The fourth-order valence-corrected chi connectivity index (χ4v) is 13.4. The molecule has 0 aliphatic heterocycles. The molecule has 11 aromatic rings. The van der Waals surface area contributed by atoms with Crippen molar-refractivity contribution in [3.05, 3.63) is 206 Å². The highest BCUT2D eigenvalue weighted by molar-refractivity contribution is 6.28. The van der Waals surface area contributed by atoms with Crippen LogP contribution in [0.5, 0.6) is 0 Å². The zero-order valence-corrected chi connectivity index (χ0v) is 33.6. The van der Waals surface area contributed by atoms with E-state index in [0.717, 1.165) is 82.6 Å². The molecule has 0 bridgehead atoms. The zero-order valence-electron chi connectivity index (χ0n) is 33.6. The van der Waals surface area contributed by atoms with Crippen LogP contribution in [0.3, 0.4) is 0 Å². The van der Waals surface area contributed by atoms with E-state index >= 15 is 0 Å². The van der Waals surface area contributed by atoms with Crippen molar-refractivity contribution in [2.45, 2.75) is 43.4 Å². The molecular formula is C57H34N2O2. The standard InChI is InChI=1S/C57H34N2O2/c1-28-20-21-46-50(35-16-8-11-19-45(35)61-46)47(28)29-22-37-36-25-42-38(55(60)34-15-7-9-17-40(34)56(42,2)3)26-43(36)59-44-24-30(27-58)48-52-32-13-5-4-12-31(32)51-33-14-6-10-18-41(33)57(51,52)53(48)49(44)39(23-29)54(37)59/h4-26,51-52H,1-3H3. The summed E-state index contributed by atoms with van der Waals surface area (Å²) in [6.45, 7) is 6.70. The number of benzene rings is 8. The highest BCUT2D eigenvalue weighted by atomic mass is 16.3. The Morgan fingerprint density at radius 1 is 0.623 bits per heavy atom. The Kier molecular flexibility index (Phi) is 5.45. The molecule has 4 aliphatic carbocycles. The fourth-order valence-electron chi connectivity index (χ4n) is 13.4. The van der Waals surface area contributed by atoms with Gasteiger partial charge in [-0.3, -0.25) is 4.79 Å². The van der Waals surface area contributed by atoms with Crippen LogP contribution in [0.2, 0.25) is 0 Å². The Bertz CT molecular complexity index is 3980. The summed E-state index contributed by atoms with van der Waals surface area (Å²) in [7, 11) is 0. The lowest BCUT2D eigenvalue weighted by atomic mass is 9.42. The van der Waals surface area contributed by atoms with Gasteiger partial charge >= 0.3 is 0 Å². The summed E-state index contributed by atoms with van der Waals surface area (Å²) in [6.07, 6.45) is 0. The van der Waals surface area contributed by atoms with Crippen LogP contribution in [0, 0.1) is 18.3 Å². The first-order valence-corrected chi connectivity index (χ1v) is 21.3. The number of carbonyl (C=O) groups is 1. The van der Waals surface area contributed by atoms with Crippen LogP contribution in [0.4, 0.5) is 0 Å². The number of rotatable bonds is 1. The molecule has 3 heterocycles. The van der Waals surface area contributed by atoms with Crippen LogP contribution in [0.1, 0.15) is 97.2 Å². The Hall–Kier alpha value is -7.48. The summed E-state index contributed by atoms with van der Waals surface area (Å²) in [5.74, 6) is 0.382. The first kappa shape index (κ1) is 32.4. The van der Waals surface area contributed by atoms with Crippen LogP contribution in [-0.4, -0.2) is 10.2 Å². The van der Waals surface area contributed by atoms with E-state index in [2.05, 4.69) is 147 Å². The topological polar surface area (TPSA) is 58.4 Å². The third kappa shape index (κ3) is 3.37. The second-order valence-corrected chi connectivity index (χ2v) is 18.6. The van der Waals surface area contributed by atoms with Crippen molar-refractivity contribution in [3.63, 3.8) is 0 Å². The number of aromatic nitrogens is 1. The van der Waals surface area contributed by atoms with Gasteiger partial charge in [0, 0.05) is 66.1 Å². The molecule has 3 atom stereocenters. The molecular weight excluding hydrogens is 745 g/mol. The predicted octanol–water partition coefficient (Wildman–Crippen LogP) is 13.3. The van der Waals surface area contributed by atoms with Crippen molar-refractivity contribution in [2.24, 2.45) is 0 Å². The Labute approximate surface area is 350 Å². The van der Waals surface area contributed by atoms with Crippen molar-refractivity contribution in [1.82, 2.24) is 4.40 Å². The maximum atomic E-state index is 14.6. The molecule has 0 saturated carbocycles. The number of carbonyl (C=O) groups excluding carboxylic acids is 1. The number of hydrogen-bond acceptors (Lipinski definition) is 3. The van der Waals surface area contributed by atoms with Gasteiger partial charge in [0.2, 0.25) is 0 Å². The lowest BCUT2D eigenvalue weighted by Gasteiger charge is -2.59. The van der Waals surface area contributed by atoms with E-state index in [1.807, 2.05) is 24.3 Å². The summed E-state index contributed by atoms with van der Waals surface area (Å²) in [5.41, 5.74) is 20.1. The van der Waals surface area contributed by atoms with Crippen molar-refractivity contribution in [1.29, 1.82) is 5.26 Å². The Morgan fingerprint density at radius 3 is 2.18 bits per heavy atom. The minimum Gasteiger partial charge on any atom is -0.456 e. The highest BCUT2D eigenvalue weighted by Crippen LogP contribution is 2.78. The molecule has 0 saturated heterocycles. The first-order valence-electron chi connectivity index (χ1n) is 21.3. The number of aryl methyl sites for hydroxylation is 1. The van der Waals surface area contributed by atoms with Gasteiger partial charge in [0.15, 0.2) is 5.78 Å². The molecule has 3 aromatic heterocycles. The van der Waals surface area contributed by atoms with Crippen molar-refractivity contribution < 1.29 is 9.21 Å². The van der Waals surface area contributed by atoms with Crippen LogP contribution < -0.4 is 0 Å².